The highest BCUT2D eigenvalue weighted by molar-refractivity contribution is 6.32. The Bertz CT molecular complexity index is 1380. The van der Waals surface area contributed by atoms with Crippen LogP contribution in [0.1, 0.15) is 57.3 Å². The van der Waals surface area contributed by atoms with Gasteiger partial charge in [-0.2, -0.15) is 0 Å². The SMILES string of the molecule is COc1ccc(CC2NC(=O)/C=C/CC(CC3OC3c3ccccc3)OC(=O)C(CC(C)C)OC(=O)C(C)CNC2=O)cc1Cl. The highest BCUT2D eigenvalue weighted by atomic mass is 35.5. The quantitative estimate of drug-likeness (QED) is 0.319. The van der Waals surface area contributed by atoms with Crippen molar-refractivity contribution in [3.05, 3.63) is 76.8 Å². The van der Waals surface area contributed by atoms with Crippen LogP contribution in [0.3, 0.4) is 0 Å². The number of halogens is 1. The van der Waals surface area contributed by atoms with Gasteiger partial charge in [-0.05, 0) is 41.7 Å². The number of esters is 2. The van der Waals surface area contributed by atoms with Crippen LogP contribution in [-0.2, 0) is 39.8 Å². The molecule has 1 fully saturated rings. The Balaban J connectivity index is 1.54. The van der Waals surface area contributed by atoms with Crippen molar-refractivity contribution < 1.29 is 38.1 Å². The van der Waals surface area contributed by atoms with E-state index in [0.29, 0.717) is 22.8 Å². The first-order chi connectivity index (χ1) is 21.5. The van der Waals surface area contributed by atoms with Gasteiger partial charge < -0.3 is 29.6 Å². The molecule has 0 bridgehead atoms. The van der Waals surface area contributed by atoms with Crippen LogP contribution in [0.15, 0.2) is 60.7 Å². The van der Waals surface area contributed by atoms with Crippen LogP contribution in [0.25, 0.3) is 0 Å². The average Bonchev–Trinajstić information content (AvgIpc) is 3.77. The number of benzene rings is 2. The molecular formula is C34H41ClN2O8. The number of carbonyl (C=O) groups is 4. The lowest BCUT2D eigenvalue weighted by molar-refractivity contribution is -0.174. The lowest BCUT2D eigenvalue weighted by atomic mass is 10.0. The maximum Gasteiger partial charge on any atom is 0.347 e. The Morgan fingerprint density at radius 1 is 1.02 bits per heavy atom. The summed E-state index contributed by atoms with van der Waals surface area (Å²) >= 11 is 6.29. The zero-order valence-electron chi connectivity index (χ0n) is 26.0. The molecule has 6 atom stereocenters. The first-order valence-corrected chi connectivity index (χ1v) is 15.6. The van der Waals surface area contributed by atoms with Crippen LogP contribution in [0.4, 0.5) is 0 Å². The highest BCUT2D eigenvalue weighted by Crippen LogP contribution is 2.42. The third kappa shape index (κ3) is 10.1. The van der Waals surface area contributed by atoms with Gasteiger partial charge in [0.1, 0.15) is 24.0 Å². The molecule has 0 aromatic heterocycles. The van der Waals surface area contributed by atoms with Crippen molar-refractivity contribution in [2.24, 2.45) is 11.8 Å². The minimum Gasteiger partial charge on any atom is -0.495 e. The molecule has 4 rings (SSSR count). The van der Waals surface area contributed by atoms with Crippen molar-refractivity contribution in [3.63, 3.8) is 0 Å². The largest absolute Gasteiger partial charge is 0.495 e. The number of amides is 2. The number of epoxide rings is 1. The molecule has 242 valence electrons. The molecule has 45 heavy (non-hydrogen) atoms. The second-order valence-corrected chi connectivity index (χ2v) is 12.3. The van der Waals surface area contributed by atoms with Crippen molar-refractivity contribution in [1.29, 1.82) is 0 Å². The van der Waals surface area contributed by atoms with Crippen LogP contribution in [-0.4, -0.2) is 61.8 Å². The summed E-state index contributed by atoms with van der Waals surface area (Å²) in [7, 11) is 1.50. The van der Waals surface area contributed by atoms with Crippen LogP contribution < -0.4 is 15.4 Å². The Morgan fingerprint density at radius 3 is 2.47 bits per heavy atom. The van der Waals surface area contributed by atoms with Crippen LogP contribution in [0.2, 0.25) is 5.02 Å². The topological polar surface area (TPSA) is 133 Å². The highest BCUT2D eigenvalue weighted by Gasteiger charge is 2.42. The van der Waals surface area contributed by atoms with E-state index < -0.39 is 47.9 Å². The predicted octanol–water partition coefficient (Wildman–Crippen LogP) is 4.49. The van der Waals surface area contributed by atoms with Gasteiger partial charge in [-0.25, -0.2) is 4.79 Å². The van der Waals surface area contributed by atoms with Gasteiger partial charge in [0.15, 0.2) is 6.10 Å². The van der Waals surface area contributed by atoms with E-state index in [4.69, 9.17) is 30.5 Å². The third-order valence-corrected chi connectivity index (χ3v) is 7.93. The number of hydrogen-bond donors (Lipinski definition) is 2. The van der Waals surface area contributed by atoms with Gasteiger partial charge in [0.25, 0.3) is 0 Å². The lowest BCUT2D eigenvalue weighted by Crippen LogP contribution is -2.49. The second-order valence-electron chi connectivity index (χ2n) is 11.9. The van der Waals surface area contributed by atoms with Crippen molar-refractivity contribution in [1.82, 2.24) is 10.6 Å². The van der Waals surface area contributed by atoms with E-state index >= 15 is 0 Å². The summed E-state index contributed by atoms with van der Waals surface area (Å²) in [5.41, 5.74) is 1.73. The molecule has 0 spiro atoms. The van der Waals surface area contributed by atoms with Crippen LogP contribution >= 0.6 is 11.6 Å². The first-order valence-electron chi connectivity index (χ1n) is 15.2. The van der Waals surface area contributed by atoms with Gasteiger partial charge in [-0.1, -0.05) is 74.8 Å². The van der Waals surface area contributed by atoms with E-state index in [1.165, 1.54) is 13.2 Å². The first kappa shape index (κ1) is 34.0. The molecule has 0 saturated carbocycles. The molecule has 2 heterocycles. The fourth-order valence-electron chi connectivity index (χ4n) is 5.12. The van der Waals surface area contributed by atoms with E-state index in [9.17, 15) is 19.2 Å². The molecule has 2 aromatic rings. The number of hydrogen-bond acceptors (Lipinski definition) is 8. The van der Waals surface area contributed by atoms with E-state index in [0.717, 1.165) is 5.56 Å². The fraction of sp³-hybridized carbons (Fsp3) is 0.471. The van der Waals surface area contributed by atoms with E-state index in [2.05, 4.69) is 10.6 Å². The van der Waals surface area contributed by atoms with Crippen molar-refractivity contribution in [2.75, 3.05) is 13.7 Å². The zero-order valence-corrected chi connectivity index (χ0v) is 26.8. The molecule has 2 N–H and O–H groups in total. The smallest absolute Gasteiger partial charge is 0.347 e. The van der Waals surface area contributed by atoms with E-state index in [1.54, 1.807) is 31.2 Å². The number of methoxy groups -OCH3 is 1. The number of cyclic esters (lactones) is 2. The van der Waals surface area contributed by atoms with Gasteiger partial charge in [0.05, 0.1) is 24.2 Å². The van der Waals surface area contributed by atoms with Gasteiger partial charge in [0, 0.05) is 25.8 Å². The minimum absolute atomic E-state index is 0.0411. The van der Waals surface area contributed by atoms with Crippen LogP contribution in [0, 0.1) is 11.8 Å². The maximum atomic E-state index is 13.3. The van der Waals surface area contributed by atoms with Gasteiger partial charge in [-0.15, -0.1) is 0 Å². The summed E-state index contributed by atoms with van der Waals surface area (Å²) in [5, 5.41) is 5.84. The molecule has 2 aliphatic heterocycles. The lowest BCUT2D eigenvalue weighted by Gasteiger charge is -2.24. The summed E-state index contributed by atoms with van der Waals surface area (Å²) < 4.78 is 22.6. The zero-order chi connectivity index (χ0) is 32.5. The Hall–Kier alpha value is -3.89. The standard InChI is InChI=1S/C34H41ClN2O8/c1-20(2)15-29-34(41)43-24(18-28-31(44-28)23-9-6-5-7-10-23)11-8-12-30(38)37-26(32(39)36-19-21(3)33(40)45-29)17-22-13-14-27(42-4)25(35)16-22/h5-10,12-14,16,20-21,24,26,28-29,31H,11,15,17-19H2,1-4H3,(H,36,39)(H,37,38)/b12-8+. The molecule has 0 radical (unpaired) electrons. The normalized spacial score (nSPS) is 27.2. The molecule has 11 heteroatoms. The maximum absolute atomic E-state index is 13.3. The number of rotatable bonds is 8. The van der Waals surface area contributed by atoms with Crippen LogP contribution in [0.5, 0.6) is 5.75 Å². The van der Waals surface area contributed by atoms with Crippen molar-refractivity contribution >= 4 is 35.4 Å². The molecule has 0 aliphatic carbocycles. The number of ether oxygens (including phenoxy) is 4. The summed E-state index contributed by atoms with van der Waals surface area (Å²) in [6.07, 6.45) is 1.90. The summed E-state index contributed by atoms with van der Waals surface area (Å²) in [6.45, 7) is 5.37. The molecule has 6 unspecified atom stereocenters. The molecule has 2 aliphatic rings. The predicted molar refractivity (Wildman–Crippen MR) is 167 cm³/mol. The van der Waals surface area contributed by atoms with Gasteiger partial charge in [0.2, 0.25) is 11.8 Å². The monoisotopic (exact) mass is 640 g/mol. The average molecular weight is 641 g/mol. The molecule has 2 amide bonds. The molecule has 2 aromatic carbocycles. The number of nitrogens with one attached hydrogen (secondary N) is 2. The third-order valence-electron chi connectivity index (χ3n) is 7.64. The van der Waals surface area contributed by atoms with E-state index in [1.807, 2.05) is 44.2 Å². The summed E-state index contributed by atoms with van der Waals surface area (Å²) in [5.74, 6) is -2.51. The summed E-state index contributed by atoms with van der Waals surface area (Å²) in [6, 6.07) is 13.9. The number of carbonyl (C=O) groups excluding carboxylic acids is 4. The minimum atomic E-state index is -1.11. The van der Waals surface area contributed by atoms with E-state index in [-0.39, 0.29) is 43.9 Å². The fourth-order valence-corrected chi connectivity index (χ4v) is 5.40. The van der Waals surface area contributed by atoms with Crippen molar-refractivity contribution in [2.45, 2.75) is 76.9 Å². The second kappa shape index (κ2) is 15.9. The summed E-state index contributed by atoms with van der Waals surface area (Å²) in [4.78, 5) is 52.6. The van der Waals surface area contributed by atoms with Crippen molar-refractivity contribution in [3.8, 4) is 5.75 Å². The van der Waals surface area contributed by atoms with Gasteiger partial charge >= 0.3 is 11.9 Å². The Labute approximate surface area is 268 Å². The molecular weight excluding hydrogens is 600 g/mol. The Morgan fingerprint density at radius 2 is 1.78 bits per heavy atom. The Kier molecular flexibility index (Phi) is 12.0. The molecule has 1 saturated heterocycles. The molecule has 10 nitrogen and oxygen atoms in total. The van der Waals surface area contributed by atoms with Gasteiger partial charge in [-0.3, -0.25) is 14.4 Å².